The van der Waals surface area contributed by atoms with E-state index in [0.29, 0.717) is 17.5 Å². The molecule has 0 aromatic rings. The van der Waals surface area contributed by atoms with Crippen LogP contribution in [0.4, 0.5) is 0 Å². The molecule has 0 aliphatic heterocycles. The van der Waals surface area contributed by atoms with E-state index in [2.05, 4.69) is 25.8 Å². The monoisotopic (exact) mass is 214 g/mol. The van der Waals surface area contributed by atoms with Crippen molar-refractivity contribution in [3.8, 4) is 0 Å². The van der Waals surface area contributed by atoms with Crippen molar-refractivity contribution in [1.82, 2.24) is 4.90 Å². The van der Waals surface area contributed by atoms with Gasteiger partial charge in [-0.1, -0.05) is 13.3 Å². The quantitative estimate of drug-likeness (QED) is 0.753. The molecule has 0 radical (unpaired) electrons. The van der Waals surface area contributed by atoms with Crippen LogP contribution in [-0.4, -0.2) is 44.3 Å². The number of methoxy groups -OCH3 is 1. The Bertz CT molecular complexity index is 198. The molecule has 0 aromatic carbocycles. The van der Waals surface area contributed by atoms with Crippen molar-refractivity contribution in [2.24, 2.45) is 11.1 Å². The van der Waals surface area contributed by atoms with Gasteiger partial charge in [0.2, 0.25) is 0 Å². The van der Waals surface area contributed by atoms with E-state index in [0.717, 1.165) is 13.2 Å². The van der Waals surface area contributed by atoms with Gasteiger partial charge in [0.1, 0.15) is 0 Å². The summed E-state index contributed by atoms with van der Waals surface area (Å²) in [5, 5.41) is 0. The number of rotatable bonds is 5. The van der Waals surface area contributed by atoms with Crippen LogP contribution in [0.5, 0.6) is 0 Å². The van der Waals surface area contributed by atoms with Gasteiger partial charge in [0.05, 0.1) is 6.61 Å². The summed E-state index contributed by atoms with van der Waals surface area (Å²) in [6.07, 6.45) is 3.73. The van der Waals surface area contributed by atoms with Gasteiger partial charge in [-0.15, -0.1) is 0 Å². The first-order valence-corrected chi connectivity index (χ1v) is 5.94. The summed E-state index contributed by atoms with van der Waals surface area (Å²) in [5.74, 6) is 0. The molecule has 1 fully saturated rings. The van der Waals surface area contributed by atoms with Crippen LogP contribution in [0.15, 0.2) is 0 Å². The second kappa shape index (κ2) is 5.28. The van der Waals surface area contributed by atoms with Crippen molar-refractivity contribution >= 4 is 0 Å². The molecule has 0 spiro atoms. The molecular formula is C12H26N2O. The molecule has 1 saturated carbocycles. The number of nitrogens with two attached hydrogens (primary N) is 1. The van der Waals surface area contributed by atoms with Crippen LogP contribution in [-0.2, 0) is 4.74 Å². The van der Waals surface area contributed by atoms with Crippen LogP contribution in [0.25, 0.3) is 0 Å². The summed E-state index contributed by atoms with van der Waals surface area (Å²) in [7, 11) is 3.92. The molecule has 0 amide bonds. The second-order valence-electron chi connectivity index (χ2n) is 5.37. The first-order chi connectivity index (χ1) is 6.99. The molecule has 3 nitrogen and oxygen atoms in total. The minimum Gasteiger partial charge on any atom is -0.383 e. The van der Waals surface area contributed by atoms with Crippen molar-refractivity contribution in [2.75, 3.05) is 27.3 Å². The zero-order chi connectivity index (χ0) is 11.5. The van der Waals surface area contributed by atoms with Gasteiger partial charge in [0.25, 0.3) is 0 Å². The average molecular weight is 214 g/mol. The van der Waals surface area contributed by atoms with E-state index in [1.54, 1.807) is 7.11 Å². The molecule has 1 aliphatic rings. The maximum Gasteiger partial charge on any atom is 0.0615 e. The molecular weight excluding hydrogens is 188 g/mol. The zero-order valence-electron chi connectivity index (χ0n) is 10.6. The van der Waals surface area contributed by atoms with Crippen molar-refractivity contribution in [2.45, 2.75) is 45.2 Å². The Labute approximate surface area is 94.0 Å². The third-order valence-electron chi connectivity index (χ3n) is 3.93. The Kier molecular flexibility index (Phi) is 4.56. The Morgan fingerprint density at radius 3 is 2.73 bits per heavy atom. The highest BCUT2D eigenvalue weighted by molar-refractivity contribution is 4.93. The second-order valence-corrected chi connectivity index (χ2v) is 5.37. The Morgan fingerprint density at radius 1 is 1.60 bits per heavy atom. The fourth-order valence-electron chi connectivity index (χ4n) is 2.55. The predicted octanol–water partition coefficient (Wildman–Crippen LogP) is 1.47. The summed E-state index contributed by atoms with van der Waals surface area (Å²) in [6, 6.07) is 0.842. The van der Waals surface area contributed by atoms with Crippen LogP contribution in [0.3, 0.4) is 0 Å². The van der Waals surface area contributed by atoms with E-state index in [-0.39, 0.29) is 0 Å². The highest BCUT2D eigenvalue weighted by Crippen LogP contribution is 2.37. The van der Waals surface area contributed by atoms with Crippen LogP contribution in [0, 0.1) is 5.41 Å². The van der Waals surface area contributed by atoms with Gasteiger partial charge < -0.3 is 15.4 Å². The van der Waals surface area contributed by atoms with Crippen molar-refractivity contribution < 1.29 is 4.74 Å². The summed E-state index contributed by atoms with van der Waals surface area (Å²) in [5.41, 5.74) is 6.48. The number of nitrogens with zero attached hydrogens (tertiary/aromatic N) is 1. The molecule has 90 valence electrons. The lowest BCUT2D eigenvalue weighted by molar-refractivity contribution is 0.0825. The van der Waals surface area contributed by atoms with Gasteiger partial charge >= 0.3 is 0 Å². The summed E-state index contributed by atoms with van der Waals surface area (Å²) < 4.78 is 5.18. The number of likely N-dealkylation sites (N-methyl/N-ethyl adjacent to an activating group) is 1. The molecule has 1 aliphatic carbocycles. The Balaban J connectivity index is 2.45. The summed E-state index contributed by atoms with van der Waals surface area (Å²) >= 11 is 0. The SMILES string of the molecule is COCC(C)N(C)CC1(C)CCCC1N. The molecule has 0 saturated heterocycles. The molecule has 3 heteroatoms. The summed E-state index contributed by atoms with van der Waals surface area (Å²) in [4.78, 5) is 2.37. The predicted molar refractivity (Wildman–Crippen MR) is 63.9 cm³/mol. The van der Waals surface area contributed by atoms with E-state index in [9.17, 15) is 0 Å². The van der Waals surface area contributed by atoms with Crippen molar-refractivity contribution in [3.63, 3.8) is 0 Å². The van der Waals surface area contributed by atoms with Gasteiger partial charge in [-0.05, 0) is 32.2 Å². The molecule has 2 N–H and O–H groups in total. The largest absolute Gasteiger partial charge is 0.383 e. The van der Waals surface area contributed by atoms with Crippen LogP contribution >= 0.6 is 0 Å². The molecule has 0 heterocycles. The zero-order valence-corrected chi connectivity index (χ0v) is 10.6. The van der Waals surface area contributed by atoms with Gasteiger partial charge in [0.15, 0.2) is 0 Å². The highest BCUT2D eigenvalue weighted by Gasteiger charge is 2.37. The summed E-state index contributed by atoms with van der Waals surface area (Å²) in [6.45, 7) is 6.40. The van der Waals surface area contributed by atoms with E-state index in [1.807, 2.05) is 0 Å². The van der Waals surface area contributed by atoms with E-state index in [4.69, 9.17) is 10.5 Å². The van der Waals surface area contributed by atoms with Gasteiger partial charge in [-0.25, -0.2) is 0 Å². The minimum atomic E-state index is 0.302. The number of ether oxygens (including phenoxy) is 1. The molecule has 0 bridgehead atoms. The van der Waals surface area contributed by atoms with Crippen molar-refractivity contribution in [3.05, 3.63) is 0 Å². The Hall–Kier alpha value is -0.120. The Morgan fingerprint density at radius 2 is 2.27 bits per heavy atom. The van der Waals surface area contributed by atoms with Crippen LogP contribution in [0.1, 0.15) is 33.1 Å². The molecule has 3 unspecified atom stereocenters. The fourth-order valence-corrected chi connectivity index (χ4v) is 2.55. The van der Waals surface area contributed by atoms with Gasteiger partial charge in [-0.2, -0.15) is 0 Å². The normalized spacial score (nSPS) is 33.6. The molecule has 15 heavy (non-hydrogen) atoms. The maximum atomic E-state index is 6.18. The lowest BCUT2D eigenvalue weighted by atomic mass is 9.84. The minimum absolute atomic E-state index is 0.302. The number of hydrogen-bond acceptors (Lipinski definition) is 3. The van der Waals surface area contributed by atoms with Crippen LogP contribution < -0.4 is 5.73 Å². The molecule has 1 rings (SSSR count). The van der Waals surface area contributed by atoms with E-state index >= 15 is 0 Å². The standard InChI is InChI=1S/C12H26N2O/c1-10(8-15-4)14(3)9-12(2)7-5-6-11(12)13/h10-11H,5-9,13H2,1-4H3. The molecule has 3 atom stereocenters. The maximum absolute atomic E-state index is 6.18. The fraction of sp³-hybridized carbons (Fsp3) is 1.00. The van der Waals surface area contributed by atoms with Gasteiger partial charge in [-0.3, -0.25) is 0 Å². The lowest BCUT2D eigenvalue weighted by Crippen LogP contribution is -2.46. The van der Waals surface area contributed by atoms with Crippen LogP contribution in [0.2, 0.25) is 0 Å². The highest BCUT2D eigenvalue weighted by atomic mass is 16.5. The first-order valence-electron chi connectivity index (χ1n) is 5.94. The topological polar surface area (TPSA) is 38.5 Å². The van der Waals surface area contributed by atoms with E-state index in [1.165, 1.54) is 19.3 Å². The third kappa shape index (κ3) is 3.16. The smallest absolute Gasteiger partial charge is 0.0615 e. The van der Waals surface area contributed by atoms with Crippen molar-refractivity contribution in [1.29, 1.82) is 0 Å². The molecule has 0 aromatic heterocycles. The average Bonchev–Trinajstić information content (AvgIpc) is 2.47. The lowest BCUT2D eigenvalue weighted by Gasteiger charge is -2.36. The first kappa shape index (κ1) is 12.9. The number of hydrogen-bond donors (Lipinski definition) is 1. The van der Waals surface area contributed by atoms with E-state index < -0.39 is 0 Å². The van der Waals surface area contributed by atoms with Gasteiger partial charge in [0, 0.05) is 25.7 Å². The third-order valence-corrected chi connectivity index (χ3v) is 3.93.